The molecule has 1 saturated carbocycles. The van der Waals surface area contributed by atoms with Crippen LogP contribution >= 0.6 is 0 Å². The smallest absolute Gasteiger partial charge is 0.193 e. The number of benzene rings is 2. The fraction of sp³-hybridized carbons (Fsp3) is 0.409. The molecule has 0 heterocycles. The molecule has 5 heteroatoms. The van der Waals surface area contributed by atoms with Crippen LogP contribution in [0.1, 0.15) is 23.5 Å². The summed E-state index contributed by atoms with van der Waals surface area (Å²) >= 11 is 0. The van der Waals surface area contributed by atoms with Crippen LogP contribution in [-0.4, -0.2) is 51.8 Å². The van der Waals surface area contributed by atoms with Gasteiger partial charge < -0.3 is 19.7 Å². The lowest BCUT2D eigenvalue weighted by Gasteiger charge is -2.22. The minimum Gasteiger partial charge on any atom is -0.493 e. The third kappa shape index (κ3) is 4.73. The third-order valence-corrected chi connectivity index (χ3v) is 5.09. The molecule has 0 spiro atoms. The number of hydrogen-bond donors (Lipinski definition) is 1. The van der Waals surface area contributed by atoms with Gasteiger partial charge in [-0.2, -0.15) is 0 Å². The van der Waals surface area contributed by atoms with Gasteiger partial charge in [0, 0.05) is 32.6 Å². The molecule has 0 bridgehead atoms. The van der Waals surface area contributed by atoms with E-state index in [1.54, 1.807) is 14.2 Å². The molecule has 5 nitrogen and oxygen atoms in total. The maximum atomic E-state index is 5.39. The molecule has 2 aromatic rings. The zero-order chi connectivity index (χ0) is 19.2. The summed E-state index contributed by atoms with van der Waals surface area (Å²) < 4.78 is 10.7. The lowest BCUT2D eigenvalue weighted by atomic mass is 10.1. The summed E-state index contributed by atoms with van der Waals surface area (Å²) in [4.78, 5) is 6.63. The molecule has 27 heavy (non-hydrogen) atoms. The van der Waals surface area contributed by atoms with Crippen LogP contribution in [0.3, 0.4) is 0 Å². The largest absolute Gasteiger partial charge is 0.493 e. The van der Waals surface area contributed by atoms with Gasteiger partial charge in [0.15, 0.2) is 17.5 Å². The summed E-state index contributed by atoms with van der Waals surface area (Å²) in [6, 6.07) is 17.2. The van der Waals surface area contributed by atoms with E-state index in [0.29, 0.717) is 12.0 Å². The fourth-order valence-corrected chi connectivity index (χ4v) is 3.37. The van der Waals surface area contributed by atoms with E-state index in [-0.39, 0.29) is 0 Å². The van der Waals surface area contributed by atoms with Gasteiger partial charge in [-0.1, -0.05) is 36.4 Å². The van der Waals surface area contributed by atoms with Gasteiger partial charge in [0.1, 0.15) is 0 Å². The van der Waals surface area contributed by atoms with Crippen LogP contribution in [0.25, 0.3) is 0 Å². The number of hydrogen-bond acceptors (Lipinski definition) is 3. The van der Waals surface area contributed by atoms with Gasteiger partial charge >= 0.3 is 0 Å². The highest BCUT2D eigenvalue weighted by molar-refractivity contribution is 5.80. The van der Waals surface area contributed by atoms with Crippen LogP contribution in [0.15, 0.2) is 53.5 Å². The quantitative estimate of drug-likeness (QED) is 0.602. The van der Waals surface area contributed by atoms with Crippen molar-refractivity contribution in [3.8, 4) is 11.5 Å². The molecule has 2 unspecified atom stereocenters. The Labute approximate surface area is 162 Å². The van der Waals surface area contributed by atoms with Gasteiger partial charge in [0.05, 0.1) is 14.2 Å². The summed E-state index contributed by atoms with van der Waals surface area (Å²) in [6.07, 6.45) is 2.07. The number of aliphatic imine (C=N–C) groups is 1. The number of nitrogens with one attached hydrogen (secondary N) is 1. The number of rotatable bonds is 7. The number of likely N-dealkylation sites (N-methyl/N-ethyl adjacent to an activating group) is 1. The summed E-state index contributed by atoms with van der Waals surface area (Å²) in [6.45, 7) is 0.873. The monoisotopic (exact) mass is 367 g/mol. The molecule has 144 valence electrons. The van der Waals surface area contributed by atoms with Crippen LogP contribution in [0.5, 0.6) is 11.5 Å². The van der Waals surface area contributed by atoms with E-state index in [4.69, 9.17) is 9.47 Å². The second kappa shape index (κ2) is 8.80. The van der Waals surface area contributed by atoms with Crippen LogP contribution < -0.4 is 14.8 Å². The summed E-state index contributed by atoms with van der Waals surface area (Å²) in [5.41, 5.74) is 2.61. The third-order valence-electron chi connectivity index (χ3n) is 5.09. The molecule has 1 aliphatic carbocycles. The van der Waals surface area contributed by atoms with Crippen LogP contribution in [0.4, 0.5) is 0 Å². The number of guanidine groups is 1. The minimum atomic E-state index is 0.467. The Bertz CT molecular complexity index is 776. The zero-order valence-corrected chi connectivity index (χ0v) is 16.6. The second-order valence-corrected chi connectivity index (χ2v) is 6.91. The van der Waals surface area contributed by atoms with Crippen molar-refractivity contribution in [3.63, 3.8) is 0 Å². The average molecular weight is 367 g/mol. The minimum absolute atomic E-state index is 0.467. The van der Waals surface area contributed by atoms with Crippen molar-refractivity contribution in [2.45, 2.75) is 24.8 Å². The molecule has 1 N–H and O–H groups in total. The lowest BCUT2D eigenvalue weighted by Crippen LogP contribution is -2.41. The molecule has 1 fully saturated rings. The predicted octanol–water partition coefficient (Wildman–Crippen LogP) is 3.31. The molecule has 3 rings (SSSR count). The fourth-order valence-electron chi connectivity index (χ4n) is 3.37. The van der Waals surface area contributed by atoms with Crippen molar-refractivity contribution in [2.24, 2.45) is 4.99 Å². The van der Waals surface area contributed by atoms with Gasteiger partial charge in [-0.15, -0.1) is 0 Å². The molecule has 1 aliphatic rings. The molecule has 2 aromatic carbocycles. The van der Waals surface area contributed by atoms with Gasteiger partial charge in [-0.25, -0.2) is 0 Å². The van der Waals surface area contributed by atoms with E-state index in [2.05, 4.69) is 58.7 Å². The highest BCUT2D eigenvalue weighted by Crippen LogP contribution is 2.40. The van der Waals surface area contributed by atoms with Crippen LogP contribution in [0, 0.1) is 0 Å². The molecular formula is C22H29N3O2. The summed E-state index contributed by atoms with van der Waals surface area (Å²) in [5.74, 6) is 3.05. The second-order valence-electron chi connectivity index (χ2n) is 6.91. The molecule has 0 radical (unpaired) electrons. The Morgan fingerprint density at radius 3 is 2.52 bits per heavy atom. The van der Waals surface area contributed by atoms with Crippen molar-refractivity contribution >= 4 is 5.96 Å². The first kappa shape index (κ1) is 19.1. The molecule has 0 amide bonds. The summed E-state index contributed by atoms with van der Waals surface area (Å²) in [7, 11) is 7.24. The van der Waals surface area contributed by atoms with Crippen LogP contribution in [0.2, 0.25) is 0 Å². The Morgan fingerprint density at radius 2 is 1.85 bits per heavy atom. The van der Waals surface area contributed by atoms with Crippen molar-refractivity contribution in [1.82, 2.24) is 10.2 Å². The number of methoxy groups -OCH3 is 2. The van der Waals surface area contributed by atoms with E-state index in [1.807, 2.05) is 19.2 Å². The normalized spacial score (nSPS) is 18.7. The Morgan fingerprint density at radius 1 is 1.11 bits per heavy atom. The standard InChI is InChI=1S/C22H29N3O2/c1-23-22(24-19-15-18(19)17-8-6-5-7-9-17)25(2)13-12-16-10-11-20(26-3)21(14-16)27-4/h5-11,14,18-19H,12-13,15H2,1-4H3,(H,23,24). The predicted molar refractivity (Wildman–Crippen MR) is 110 cm³/mol. The SMILES string of the molecule is CN=C(NC1CC1c1ccccc1)N(C)CCc1ccc(OC)c(OC)c1. The molecular weight excluding hydrogens is 338 g/mol. The zero-order valence-electron chi connectivity index (χ0n) is 16.6. The van der Waals surface area contributed by atoms with Gasteiger partial charge in [0.2, 0.25) is 0 Å². The maximum Gasteiger partial charge on any atom is 0.193 e. The van der Waals surface area contributed by atoms with Crippen molar-refractivity contribution in [1.29, 1.82) is 0 Å². The van der Waals surface area contributed by atoms with Crippen molar-refractivity contribution in [3.05, 3.63) is 59.7 Å². The molecule has 0 aromatic heterocycles. The first-order valence-corrected chi connectivity index (χ1v) is 9.36. The van der Waals surface area contributed by atoms with Gasteiger partial charge in [-0.05, 0) is 36.1 Å². The van der Waals surface area contributed by atoms with E-state index >= 15 is 0 Å². The maximum absolute atomic E-state index is 5.39. The molecule has 0 saturated heterocycles. The first-order chi connectivity index (χ1) is 13.2. The summed E-state index contributed by atoms with van der Waals surface area (Å²) in [5, 5.41) is 3.60. The van der Waals surface area contributed by atoms with Gasteiger partial charge in [-0.3, -0.25) is 4.99 Å². The Balaban J connectivity index is 1.53. The lowest BCUT2D eigenvalue weighted by molar-refractivity contribution is 0.354. The van der Waals surface area contributed by atoms with Gasteiger partial charge in [0.25, 0.3) is 0 Å². The molecule has 0 aliphatic heterocycles. The highest BCUT2D eigenvalue weighted by Gasteiger charge is 2.39. The highest BCUT2D eigenvalue weighted by atomic mass is 16.5. The van der Waals surface area contributed by atoms with Crippen LogP contribution in [-0.2, 0) is 6.42 Å². The van der Waals surface area contributed by atoms with Crippen molar-refractivity contribution in [2.75, 3.05) is 34.9 Å². The topological polar surface area (TPSA) is 46.1 Å². The average Bonchev–Trinajstić information content (AvgIpc) is 3.49. The first-order valence-electron chi connectivity index (χ1n) is 9.36. The molecule has 2 atom stereocenters. The van der Waals surface area contributed by atoms with E-state index < -0.39 is 0 Å². The van der Waals surface area contributed by atoms with E-state index in [1.165, 1.54) is 11.1 Å². The number of ether oxygens (including phenoxy) is 2. The Kier molecular flexibility index (Phi) is 6.22. The van der Waals surface area contributed by atoms with Crippen molar-refractivity contribution < 1.29 is 9.47 Å². The van der Waals surface area contributed by atoms with E-state index in [0.717, 1.165) is 36.8 Å². The number of nitrogens with zero attached hydrogens (tertiary/aromatic N) is 2. The van der Waals surface area contributed by atoms with E-state index in [9.17, 15) is 0 Å². The Hall–Kier alpha value is -2.69.